The van der Waals surface area contributed by atoms with Gasteiger partial charge in [0.1, 0.15) is 11.5 Å². The first-order chi connectivity index (χ1) is 13.3. The molecule has 0 radical (unpaired) electrons. The molecule has 1 unspecified atom stereocenters. The van der Waals surface area contributed by atoms with Gasteiger partial charge in [-0.25, -0.2) is 4.99 Å². The smallest absolute Gasteiger partial charge is 0.191 e. The first-order valence-corrected chi connectivity index (χ1v) is 9.84. The maximum Gasteiger partial charge on any atom is 0.191 e. The summed E-state index contributed by atoms with van der Waals surface area (Å²) >= 11 is 0. The lowest BCUT2D eigenvalue weighted by molar-refractivity contribution is 0.146. The summed E-state index contributed by atoms with van der Waals surface area (Å²) in [5, 5.41) is 16.4. The lowest BCUT2D eigenvalue weighted by Gasteiger charge is -2.33. The van der Waals surface area contributed by atoms with Crippen molar-refractivity contribution in [2.75, 3.05) is 26.2 Å². The van der Waals surface area contributed by atoms with Crippen molar-refractivity contribution in [2.24, 2.45) is 4.99 Å². The van der Waals surface area contributed by atoms with Crippen LogP contribution in [-0.2, 0) is 6.54 Å². The van der Waals surface area contributed by atoms with Crippen LogP contribution in [0.4, 0.5) is 0 Å². The maximum atomic E-state index is 9.61. The summed E-state index contributed by atoms with van der Waals surface area (Å²) in [6.45, 7) is 6.30. The standard InChI is InChI=1S/C21H30N4O2/c1-2-22-21(23-15-17-8-6-9-18(26)14-17)24-16-19(20-10-7-13-27-20)25-11-4-3-5-12-25/h6-10,13-14,19,26H,2-5,11-12,15-16H2,1H3,(H2,22,23,24). The largest absolute Gasteiger partial charge is 0.508 e. The Balaban J connectivity index is 1.65. The van der Waals surface area contributed by atoms with Gasteiger partial charge in [-0.05, 0) is 62.7 Å². The number of guanidine groups is 1. The zero-order chi connectivity index (χ0) is 18.9. The Bertz CT molecular complexity index is 709. The predicted octanol–water partition coefficient (Wildman–Crippen LogP) is 3.27. The number of nitrogens with one attached hydrogen (secondary N) is 2. The van der Waals surface area contributed by atoms with Gasteiger partial charge < -0.3 is 20.2 Å². The minimum absolute atomic E-state index is 0.199. The highest BCUT2D eigenvalue weighted by molar-refractivity contribution is 5.79. The van der Waals surface area contributed by atoms with Crippen molar-refractivity contribution >= 4 is 5.96 Å². The van der Waals surface area contributed by atoms with Crippen molar-refractivity contribution in [1.29, 1.82) is 0 Å². The molecule has 3 rings (SSSR count). The molecule has 1 fully saturated rings. The van der Waals surface area contributed by atoms with Crippen molar-refractivity contribution < 1.29 is 9.52 Å². The van der Waals surface area contributed by atoms with E-state index >= 15 is 0 Å². The van der Waals surface area contributed by atoms with Crippen molar-refractivity contribution in [3.63, 3.8) is 0 Å². The van der Waals surface area contributed by atoms with E-state index in [1.165, 1.54) is 19.3 Å². The summed E-state index contributed by atoms with van der Waals surface area (Å²) in [5.74, 6) is 2.03. The van der Waals surface area contributed by atoms with Crippen molar-refractivity contribution in [1.82, 2.24) is 15.5 Å². The molecule has 1 aliphatic rings. The molecule has 0 saturated carbocycles. The van der Waals surface area contributed by atoms with Crippen molar-refractivity contribution in [3.05, 3.63) is 54.0 Å². The Morgan fingerprint density at radius 3 is 2.74 bits per heavy atom. The van der Waals surface area contributed by atoms with E-state index in [-0.39, 0.29) is 11.8 Å². The molecule has 146 valence electrons. The molecule has 6 nitrogen and oxygen atoms in total. The van der Waals surface area contributed by atoms with Gasteiger partial charge in [0.15, 0.2) is 5.96 Å². The van der Waals surface area contributed by atoms with Crippen LogP contribution in [0.2, 0.25) is 0 Å². The maximum absolute atomic E-state index is 9.61. The van der Waals surface area contributed by atoms with E-state index in [2.05, 4.69) is 33.5 Å². The molecule has 1 atom stereocenters. The summed E-state index contributed by atoms with van der Waals surface area (Å²) < 4.78 is 5.71. The number of aromatic hydroxyl groups is 1. The Hall–Kier alpha value is -2.47. The fraction of sp³-hybridized carbons (Fsp3) is 0.476. The molecule has 6 heteroatoms. The molecule has 2 aromatic rings. The van der Waals surface area contributed by atoms with E-state index < -0.39 is 0 Å². The fourth-order valence-corrected chi connectivity index (χ4v) is 3.48. The summed E-state index contributed by atoms with van der Waals surface area (Å²) in [6, 6.07) is 11.4. The summed E-state index contributed by atoms with van der Waals surface area (Å²) in [4.78, 5) is 7.15. The van der Waals surface area contributed by atoms with Crippen LogP contribution in [0.5, 0.6) is 5.75 Å². The van der Waals surface area contributed by atoms with Gasteiger partial charge in [0.05, 0.1) is 18.8 Å². The minimum atomic E-state index is 0.199. The van der Waals surface area contributed by atoms with E-state index in [1.54, 1.807) is 18.4 Å². The third-order valence-electron chi connectivity index (χ3n) is 4.84. The molecule has 0 amide bonds. The molecular formula is C21H30N4O2. The van der Waals surface area contributed by atoms with Crippen LogP contribution in [0.1, 0.15) is 43.6 Å². The third kappa shape index (κ3) is 5.76. The number of phenols is 1. The number of likely N-dealkylation sites (tertiary alicyclic amines) is 1. The molecule has 0 spiro atoms. The molecule has 1 aromatic carbocycles. The molecule has 0 aliphatic carbocycles. The van der Waals surface area contributed by atoms with Gasteiger partial charge in [0.2, 0.25) is 0 Å². The number of furan rings is 1. The fourth-order valence-electron chi connectivity index (χ4n) is 3.48. The second kappa shape index (κ2) is 10.0. The quantitative estimate of drug-likeness (QED) is 0.515. The number of hydrogen-bond acceptors (Lipinski definition) is 4. The lowest BCUT2D eigenvalue weighted by Crippen LogP contribution is -2.44. The number of rotatable bonds is 7. The van der Waals surface area contributed by atoms with E-state index in [0.717, 1.165) is 43.5 Å². The summed E-state index contributed by atoms with van der Waals surface area (Å²) in [6.07, 6.45) is 5.53. The molecular weight excluding hydrogens is 340 g/mol. The lowest BCUT2D eigenvalue weighted by atomic mass is 10.1. The number of piperidine rings is 1. The monoisotopic (exact) mass is 370 g/mol. The van der Waals surface area contributed by atoms with Gasteiger partial charge in [-0.15, -0.1) is 0 Å². The highest BCUT2D eigenvalue weighted by atomic mass is 16.3. The molecule has 1 aliphatic heterocycles. The van der Waals surface area contributed by atoms with Crippen LogP contribution in [-0.4, -0.2) is 42.1 Å². The number of phenolic OH excluding ortho intramolecular Hbond substituents is 1. The molecule has 2 heterocycles. The number of hydrogen-bond donors (Lipinski definition) is 3. The van der Waals surface area contributed by atoms with E-state index in [1.807, 2.05) is 18.2 Å². The second-order valence-corrected chi connectivity index (χ2v) is 6.87. The van der Waals surface area contributed by atoms with E-state index in [0.29, 0.717) is 6.54 Å². The Labute approximate surface area is 161 Å². The van der Waals surface area contributed by atoms with Gasteiger partial charge in [-0.3, -0.25) is 4.90 Å². The summed E-state index contributed by atoms with van der Waals surface area (Å²) in [5.41, 5.74) is 0.978. The van der Waals surface area contributed by atoms with Crippen LogP contribution < -0.4 is 10.6 Å². The zero-order valence-electron chi connectivity index (χ0n) is 16.0. The van der Waals surface area contributed by atoms with Crippen LogP contribution in [0.25, 0.3) is 0 Å². The number of nitrogens with zero attached hydrogens (tertiary/aromatic N) is 2. The molecule has 1 aromatic heterocycles. The van der Waals surface area contributed by atoms with Gasteiger partial charge in [-0.2, -0.15) is 0 Å². The Morgan fingerprint density at radius 2 is 2.04 bits per heavy atom. The van der Waals surface area contributed by atoms with Gasteiger partial charge in [-0.1, -0.05) is 18.6 Å². The van der Waals surface area contributed by atoms with E-state index in [4.69, 9.17) is 4.42 Å². The molecule has 3 N–H and O–H groups in total. The van der Waals surface area contributed by atoms with Gasteiger partial charge in [0, 0.05) is 13.1 Å². The number of benzene rings is 1. The topological polar surface area (TPSA) is 73.0 Å². The molecule has 0 bridgehead atoms. The zero-order valence-corrected chi connectivity index (χ0v) is 16.0. The average Bonchev–Trinajstić information content (AvgIpc) is 3.21. The van der Waals surface area contributed by atoms with Gasteiger partial charge in [0.25, 0.3) is 0 Å². The van der Waals surface area contributed by atoms with Gasteiger partial charge >= 0.3 is 0 Å². The highest BCUT2D eigenvalue weighted by Crippen LogP contribution is 2.24. The van der Waals surface area contributed by atoms with Crippen molar-refractivity contribution in [2.45, 2.75) is 38.8 Å². The van der Waals surface area contributed by atoms with Crippen LogP contribution >= 0.6 is 0 Å². The summed E-state index contributed by atoms with van der Waals surface area (Å²) in [7, 11) is 0. The van der Waals surface area contributed by atoms with Crippen LogP contribution in [0.3, 0.4) is 0 Å². The first-order valence-electron chi connectivity index (χ1n) is 9.84. The number of aliphatic imine (C=N–C) groups is 1. The Kier molecular flexibility index (Phi) is 7.16. The van der Waals surface area contributed by atoms with Crippen LogP contribution in [0, 0.1) is 0 Å². The highest BCUT2D eigenvalue weighted by Gasteiger charge is 2.24. The second-order valence-electron chi connectivity index (χ2n) is 6.87. The Morgan fingerprint density at radius 1 is 1.19 bits per heavy atom. The predicted molar refractivity (Wildman–Crippen MR) is 108 cm³/mol. The average molecular weight is 370 g/mol. The van der Waals surface area contributed by atoms with Crippen LogP contribution in [0.15, 0.2) is 52.1 Å². The van der Waals surface area contributed by atoms with Crippen molar-refractivity contribution in [3.8, 4) is 5.75 Å². The minimum Gasteiger partial charge on any atom is -0.508 e. The third-order valence-corrected chi connectivity index (χ3v) is 4.84. The molecule has 1 saturated heterocycles. The SMILES string of the molecule is CCNC(=NCc1cccc(O)c1)NCC(c1ccco1)N1CCCCC1. The normalized spacial score (nSPS) is 16.9. The molecule has 27 heavy (non-hydrogen) atoms. The first kappa shape index (κ1) is 19.3. The van der Waals surface area contributed by atoms with E-state index in [9.17, 15) is 5.11 Å².